The zero-order chi connectivity index (χ0) is 16.7. The van der Waals surface area contributed by atoms with Crippen LogP contribution in [0, 0.1) is 6.92 Å². The lowest BCUT2D eigenvalue weighted by molar-refractivity contribution is -0.132. The molecule has 4 nitrogen and oxygen atoms in total. The molecule has 3 amide bonds. The van der Waals surface area contributed by atoms with E-state index in [-0.39, 0.29) is 11.9 Å². The number of benzene rings is 2. The van der Waals surface area contributed by atoms with E-state index in [1.165, 1.54) is 4.90 Å². The first kappa shape index (κ1) is 14.9. The highest BCUT2D eigenvalue weighted by molar-refractivity contribution is 6.07. The molecule has 122 valence electrons. The van der Waals surface area contributed by atoms with Crippen LogP contribution < -0.4 is 5.32 Å². The topological polar surface area (TPSA) is 49.4 Å². The summed E-state index contributed by atoms with van der Waals surface area (Å²) in [6, 6.07) is 15.6. The number of rotatable bonds is 2. The van der Waals surface area contributed by atoms with Gasteiger partial charge in [-0.3, -0.25) is 9.69 Å². The fourth-order valence-electron chi connectivity index (χ4n) is 3.83. The number of nitrogens with one attached hydrogen (secondary N) is 1. The van der Waals surface area contributed by atoms with Gasteiger partial charge in [0, 0.05) is 0 Å². The van der Waals surface area contributed by atoms with E-state index in [1.807, 2.05) is 49.4 Å². The number of urea groups is 1. The van der Waals surface area contributed by atoms with Gasteiger partial charge < -0.3 is 5.32 Å². The highest BCUT2D eigenvalue weighted by Crippen LogP contribution is 2.40. The molecule has 0 radical (unpaired) electrons. The first-order valence-corrected chi connectivity index (χ1v) is 8.38. The van der Waals surface area contributed by atoms with Crippen LogP contribution in [0.15, 0.2) is 48.5 Å². The Bertz CT molecular complexity index is 813. The number of fused-ring (bicyclic) bond motifs is 2. The van der Waals surface area contributed by atoms with Gasteiger partial charge >= 0.3 is 6.03 Å². The van der Waals surface area contributed by atoms with Gasteiger partial charge in [0.05, 0.1) is 6.54 Å². The number of carbonyl (C=O) groups is 2. The zero-order valence-corrected chi connectivity index (χ0v) is 13.7. The van der Waals surface area contributed by atoms with E-state index in [9.17, 15) is 9.59 Å². The minimum absolute atomic E-state index is 0.125. The summed E-state index contributed by atoms with van der Waals surface area (Å²) in [4.78, 5) is 27.1. The predicted octanol–water partition coefficient (Wildman–Crippen LogP) is 3.28. The van der Waals surface area contributed by atoms with Crippen molar-refractivity contribution < 1.29 is 9.59 Å². The van der Waals surface area contributed by atoms with E-state index in [0.717, 1.165) is 35.1 Å². The normalized spacial score (nSPS) is 22.6. The van der Waals surface area contributed by atoms with Crippen molar-refractivity contribution in [3.63, 3.8) is 0 Å². The molecule has 1 N–H and O–H groups in total. The number of amides is 3. The van der Waals surface area contributed by atoms with Crippen molar-refractivity contribution in [2.45, 2.75) is 38.3 Å². The Kier molecular flexibility index (Phi) is 3.41. The van der Waals surface area contributed by atoms with Crippen LogP contribution in [-0.4, -0.2) is 16.8 Å². The lowest BCUT2D eigenvalue weighted by Gasteiger charge is -2.33. The van der Waals surface area contributed by atoms with Gasteiger partial charge in [0.2, 0.25) is 0 Å². The Morgan fingerprint density at radius 2 is 1.83 bits per heavy atom. The summed E-state index contributed by atoms with van der Waals surface area (Å²) >= 11 is 0. The maximum atomic E-state index is 13.2. The van der Waals surface area contributed by atoms with Crippen molar-refractivity contribution in [3.05, 3.63) is 70.8 Å². The van der Waals surface area contributed by atoms with Crippen LogP contribution >= 0.6 is 0 Å². The largest absolute Gasteiger partial charge is 0.325 e. The standard InChI is InChI=1S/C20H20N2O2/c1-14-8-10-15(11-9-14)13-22-18(23)20(21-19(22)24)12-4-6-16-5-2-3-7-17(16)20/h2-3,5,7-11H,4,6,12-13H2,1H3,(H,21,24). The Labute approximate surface area is 141 Å². The maximum Gasteiger partial charge on any atom is 0.325 e. The lowest BCUT2D eigenvalue weighted by Crippen LogP contribution is -2.46. The molecular weight excluding hydrogens is 300 g/mol. The van der Waals surface area contributed by atoms with Gasteiger partial charge in [0.15, 0.2) is 0 Å². The molecule has 24 heavy (non-hydrogen) atoms. The molecule has 1 saturated heterocycles. The Morgan fingerprint density at radius 1 is 1.08 bits per heavy atom. The van der Waals surface area contributed by atoms with Crippen molar-refractivity contribution in [1.82, 2.24) is 10.2 Å². The van der Waals surface area contributed by atoms with Crippen molar-refractivity contribution in [2.75, 3.05) is 0 Å². The fraction of sp³-hybridized carbons (Fsp3) is 0.300. The summed E-state index contributed by atoms with van der Waals surface area (Å²) in [5.74, 6) is -0.125. The molecule has 1 aliphatic carbocycles. The monoisotopic (exact) mass is 320 g/mol. The number of hydrogen-bond donors (Lipinski definition) is 1. The van der Waals surface area contributed by atoms with Gasteiger partial charge in [-0.05, 0) is 42.9 Å². The Hall–Kier alpha value is -2.62. The van der Waals surface area contributed by atoms with Crippen LogP contribution in [0.25, 0.3) is 0 Å². The third kappa shape index (κ3) is 2.21. The molecule has 1 spiro atoms. The fourth-order valence-corrected chi connectivity index (χ4v) is 3.83. The van der Waals surface area contributed by atoms with Crippen LogP contribution in [0.2, 0.25) is 0 Å². The Balaban J connectivity index is 1.68. The first-order chi connectivity index (χ1) is 11.6. The molecule has 4 heteroatoms. The van der Waals surface area contributed by atoms with Crippen LogP contribution in [0.3, 0.4) is 0 Å². The molecule has 1 unspecified atom stereocenters. The second-order valence-electron chi connectivity index (χ2n) is 6.72. The highest BCUT2D eigenvalue weighted by atomic mass is 16.2. The van der Waals surface area contributed by atoms with Gasteiger partial charge in [0.25, 0.3) is 5.91 Å². The molecule has 0 bridgehead atoms. The lowest BCUT2D eigenvalue weighted by atomic mass is 9.76. The van der Waals surface area contributed by atoms with Crippen molar-refractivity contribution >= 4 is 11.9 Å². The van der Waals surface area contributed by atoms with Crippen LogP contribution in [0.1, 0.15) is 35.1 Å². The molecule has 2 aliphatic rings. The molecule has 1 atom stereocenters. The predicted molar refractivity (Wildman–Crippen MR) is 91.3 cm³/mol. The number of aryl methyl sites for hydroxylation is 2. The highest BCUT2D eigenvalue weighted by Gasteiger charge is 2.53. The third-order valence-electron chi connectivity index (χ3n) is 5.11. The van der Waals surface area contributed by atoms with E-state index in [2.05, 4.69) is 11.4 Å². The third-order valence-corrected chi connectivity index (χ3v) is 5.11. The molecule has 0 aromatic heterocycles. The van der Waals surface area contributed by atoms with Crippen LogP contribution in [0.4, 0.5) is 4.79 Å². The summed E-state index contributed by atoms with van der Waals surface area (Å²) in [5.41, 5.74) is 3.37. The van der Waals surface area contributed by atoms with Crippen LogP contribution in [-0.2, 0) is 23.3 Å². The molecule has 1 aliphatic heterocycles. The SMILES string of the molecule is Cc1ccc(CN2C(=O)NC3(CCCc4ccccc43)C2=O)cc1. The summed E-state index contributed by atoms with van der Waals surface area (Å²) < 4.78 is 0. The summed E-state index contributed by atoms with van der Waals surface area (Å²) in [7, 11) is 0. The minimum atomic E-state index is -0.878. The number of hydrogen-bond acceptors (Lipinski definition) is 2. The molecule has 0 saturated carbocycles. The average Bonchev–Trinajstić information content (AvgIpc) is 2.82. The summed E-state index contributed by atoms with van der Waals surface area (Å²) in [5, 5.41) is 2.99. The van der Waals surface area contributed by atoms with Crippen molar-refractivity contribution in [3.8, 4) is 0 Å². The van der Waals surface area contributed by atoms with E-state index < -0.39 is 5.54 Å². The van der Waals surface area contributed by atoms with E-state index in [1.54, 1.807) is 0 Å². The van der Waals surface area contributed by atoms with Gasteiger partial charge in [-0.15, -0.1) is 0 Å². The quantitative estimate of drug-likeness (QED) is 0.863. The Morgan fingerprint density at radius 3 is 2.62 bits per heavy atom. The molecule has 2 aromatic carbocycles. The molecular formula is C20H20N2O2. The van der Waals surface area contributed by atoms with E-state index in [4.69, 9.17) is 0 Å². The van der Waals surface area contributed by atoms with Crippen molar-refractivity contribution in [1.29, 1.82) is 0 Å². The summed E-state index contributed by atoms with van der Waals surface area (Å²) in [6.07, 6.45) is 2.53. The number of imide groups is 1. The van der Waals surface area contributed by atoms with Gasteiger partial charge in [0.1, 0.15) is 5.54 Å². The summed E-state index contributed by atoms with van der Waals surface area (Å²) in [6.45, 7) is 2.33. The average molecular weight is 320 g/mol. The maximum absolute atomic E-state index is 13.2. The molecule has 4 rings (SSSR count). The first-order valence-electron chi connectivity index (χ1n) is 8.38. The van der Waals surface area contributed by atoms with E-state index >= 15 is 0 Å². The second kappa shape index (κ2) is 5.48. The van der Waals surface area contributed by atoms with E-state index in [0.29, 0.717) is 13.0 Å². The number of carbonyl (C=O) groups excluding carboxylic acids is 2. The van der Waals surface area contributed by atoms with Crippen LogP contribution in [0.5, 0.6) is 0 Å². The molecule has 2 aromatic rings. The van der Waals surface area contributed by atoms with Gasteiger partial charge in [-0.2, -0.15) is 0 Å². The second-order valence-corrected chi connectivity index (χ2v) is 6.72. The smallest absolute Gasteiger partial charge is 0.319 e. The molecule has 1 fully saturated rings. The molecule has 1 heterocycles. The number of nitrogens with zero attached hydrogens (tertiary/aromatic N) is 1. The van der Waals surface area contributed by atoms with Gasteiger partial charge in [-0.1, -0.05) is 54.1 Å². The van der Waals surface area contributed by atoms with Crippen molar-refractivity contribution in [2.24, 2.45) is 0 Å². The minimum Gasteiger partial charge on any atom is -0.319 e. The zero-order valence-electron chi connectivity index (χ0n) is 13.7. The van der Waals surface area contributed by atoms with Gasteiger partial charge in [-0.25, -0.2) is 4.79 Å².